The SMILES string of the molecule is CCOC(Cl)(OCC)C(=O)O. The van der Waals surface area contributed by atoms with Crippen molar-refractivity contribution < 1.29 is 19.4 Å². The fourth-order valence-electron chi connectivity index (χ4n) is 0.536. The molecule has 0 aromatic rings. The third kappa shape index (κ3) is 3.05. The maximum absolute atomic E-state index is 10.4. The molecule has 0 spiro atoms. The minimum atomic E-state index is -2.01. The van der Waals surface area contributed by atoms with Crippen LogP contribution in [0.3, 0.4) is 0 Å². The molecule has 0 aliphatic carbocycles. The van der Waals surface area contributed by atoms with E-state index in [2.05, 4.69) is 9.47 Å². The Labute approximate surface area is 70.1 Å². The normalized spacial score (nSPS) is 11.5. The summed E-state index contributed by atoms with van der Waals surface area (Å²) in [6.07, 6.45) is 0. The first-order valence-corrected chi connectivity index (χ1v) is 3.64. The number of carboxylic acids is 1. The molecule has 0 fully saturated rings. The average molecular weight is 183 g/mol. The van der Waals surface area contributed by atoms with Gasteiger partial charge in [0, 0.05) is 13.2 Å². The molecule has 0 saturated carbocycles. The molecule has 0 heterocycles. The first-order chi connectivity index (χ1) is 5.06. The Balaban J connectivity index is 4.13. The fourth-order valence-corrected chi connectivity index (χ4v) is 0.755. The number of hydrogen-bond acceptors (Lipinski definition) is 3. The van der Waals surface area contributed by atoms with Gasteiger partial charge in [0.2, 0.25) is 0 Å². The van der Waals surface area contributed by atoms with Crippen LogP contribution < -0.4 is 0 Å². The van der Waals surface area contributed by atoms with Crippen LogP contribution in [-0.4, -0.2) is 29.5 Å². The zero-order chi connectivity index (χ0) is 8.91. The van der Waals surface area contributed by atoms with Crippen LogP contribution in [-0.2, 0) is 14.3 Å². The Hall–Kier alpha value is -0.320. The van der Waals surface area contributed by atoms with E-state index in [-0.39, 0.29) is 13.2 Å². The zero-order valence-electron chi connectivity index (χ0n) is 6.46. The van der Waals surface area contributed by atoms with Crippen molar-refractivity contribution in [2.24, 2.45) is 0 Å². The molecule has 4 nitrogen and oxygen atoms in total. The van der Waals surface area contributed by atoms with Crippen molar-refractivity contribution in [2.45, 2.75) is 19.1 Å². The van der Waals surface area contributed by atoms with E-state index < -0.39 is 11.2 Å². The Kier molecular flexibility index (Phi) is 4.40. The molecular weight excluding hydrogens is 172 g/mol. The molecule has 0 aliphatic rings. The minimum Gasteiger partial charge on any atom is -0.476 e. The van der Waals surface area contributed by atoms with Gasteiger partial charge < -0.3 is 14.6 Å². The van der Waals surface area contributed by atoms with E-state index in [0.29, 0.717) is 0 Å². The molecule has 1 N–H and O–H groups in total. The molecule has 5 heteroatoms. The Morgan fingerprint density at radius 3 is 2.00 bits per heavy atom. The van der Waals surface area contributed by atoms with Crippen molar-refractivity contribution in [2.75, 3.05) is 13.2 Å². The summed E-state index contributed by atoms with van der Waals surface area (Å²) in [5, 5.41) is 6.50. The highest BCUT2D eigenvalue weighted by Gasteiger charge is 2.38. The molecule has 0 bridgehead atoms. The number of aliphatic carboxylic acids is 1. The van der Waals surface area contributed by atoms with Gasteiger partial charge in [-0.2, -0.15) is 0 Å². The molecule has 0 amide bonds. The maximum atomic E-state index is 10.4. The summed E-state index contributed by atoms with van der Waals surface area (Å²) in [5.41, 5.74) is 0. The van der Waals surface area contributed by atoms with Gasteiger partial charge in [0.05, 0.1) is 0 Å². The van der Waals surface area contributed by atoms with Crippen LogP contribution in [0.25, 0.3) is 0 Å². The van der Waals surface area contributed by atoms with Crippen LogP contribution in [0.1, 0.15) is 13.8 Å². The van der Waals surface area contributed by atoms with Crippen LogP contribution in [0, 0.1) is 0 Å². The van der Waals surface area contributed by atoms with Gasteiger partial charge in [-0.05, 0) is 25.4 Å². The molecule has 0 radical (unpaired) electrons. The third-order valence-electron chi connectivity index (χ3n) is 0.915. The number of hydrogen-bond donors (Lipinski definition) is 1. The predicted octanol–water partition coefficient (Wildman–Crippen LogP) is 1.04. The van der Waals surface area contributed by atoms with Gasteiger partial charge >= 0.3 is 11.2 Å². The predicted molar refractivity (Wildman–Crippen MR) is 39.5 cm³/mol. The highest BCUT2D eigenvalue weighted by molar-refractivity contribution is 6.31. The lowest BCUT2D eigenvalue weighted by Gasteiger charge is -2.20. The summed E-state index contributed by atoms with van der Waals surface area (Å²) in [7, 11) is 0. The molecular formula is C6H11ClO4. The highest BCUT2D eigenvalue weighted by Crippen LogP contribution is 2.18. The van der Waals surface area contributed by atoms with Crippen LogP contribution in [0.4, 0.5) is 0 Å². The number of ether oxygens (including phenoxy) is 2. The molecule has 0 rings (SSSR count). The second kappa shape index (κ2) is 4.54. The Morgan fingerprint density at radius 1 is 1.45 bits per heavy atom. The maximum Gasteiger partial charge on any atom is 0.381 e. The van der Waals surface area contributed by atoms with Crippen molar-refractivity contribution in [1.82, 2.24) is 0 Å². The molecule has 0 unspecified atom stereocenters. The smallest absolute Gasteiger partial charge is 0.381 e. The summed E-state index contributed by atoms with van der Waals surface area (Å²) >= 11 is 5.43. The number of rotatable bonds is 5. The average Bonchev–Trinajstić information content (AvgIpc) is 1.88. The highest BCUT2D eigenvalue weighted by atomic mass is 35.5. The number of halogens is 1. The molecule has 0 aromatic heterocycles. The van der Waals surface area contributed by atoms with Crippen molar-refractivity contribution >= 4 is 17.6 Å². The molecule has 66 valence electrons. The first-order valence-electron chi connectivity index (χ1n) is 3.27. The lowest BCUT2D eigenvalue weighted by atomic mass is 10.6. The monoisotopic (exact) mass is 182 g/mol. The van der Waals surface area contributed by atoms with E-state index in [1.54, 1.807) is 13.8 Å². The Morgan fingerprint density at radius 2 is 1.82 bits per heavy atom. The summed E-state index contributed by atoms with van der Waals surface area (Å²) < 4.78 is 9.35. The summed E-state index contributed by atoms with van der Waals surface area (Å²) in [4.78, 5) is 10.4. The number of carbonyl (C=O) groups is 1. The lowest BCUT2D eigenvalue weighted by molar-refractivity contribution is -0.204. The molecule has 0 saturated heterocycles. The van der Waals surface area contributed by atoms with Gasteiger partial charge in [-0.25, -0.2) is 4.79 Å². The minimum absolute atomic E-state index is 0.190. The first kappa shape index (κ1) is 10.7. The number of alkyl halides is 1. The zero-order valence-corrected chi connectivity index (χ0v) is 7.22. The van der Waals surface area contributed by atoms with E-state index in [1.807, 2.05) is 0 Å². The van der Waals surface area contributed by atoms with Crippen LogP contribution in [0.15, 0.2) is 0 Å². The summed E-state index contributed by atoms with van der Waals surface area (Å²) in [6, 6.07) is 0. The van der Waals surface area contributed by atoms with Crippen LogP contribution in [0.5, 0.6) is 0 Å². The molecule has 0 aliphatic heterocycles. The topological polar surface area (TPSA) is 55.8 Å². The lowest BCUT2D eigenvalue weighted by Crippen LogP contribution is -2.38. The molecule has 11 heavy (non-hydrogen) atoms. The van der Waals surface area contributed by atoms with Crippen molar-refractivity contribution in [1.29, 1.82) is 0 Å². The van der Waals surface area contributed by atoms with Crippen LogP contribution in [0.2, 0.25) is 0 Å². The van der Waals surface area contributed by atoms with E-state index in [9.17, 15) is 4.79 Å². The van der Waals surface area contributed by atoms with Crippen molar-refractivity contribution in [3.63, 3.8) is 0 Å². The van der Waals surface area contributed by atoms with Gasteiger partial charge in [0.15, 0.2) is 0 Å². The summed E-state index contributed by atoms with van der Waals surface area (Å²) in [5.74, 6) is -1.33. The van der Waals surface area contributed by atoms with Gasteiger partial charge in [-0.1, -0.05) is 0 Å². The quantitative estimate of drug-likeness (QED) is 0.510. The van der Waals surface area contributed by atoms with Gasteiger partial charge in [-0.3, -0.25) is 0 Å². The second-order valence-corrected chi connectivity index (χ2v) is 2.21. The standard InChI is InChI=1S/C6H11ClO4/c1-3-10-6(7,5(8)9)11-4-2/h3-4H2,1-2H3,(H,8,9). The van der Waals surface area contributed by atoms with E-state index in [0.717, 1.165) is 0 Å². The van der Waals surface area contributed by atoms with E-state index in [4.69, 9.17) is 16.7 Å². The number of carboxylic acid groups (broad SMARTS) is 1. The Bertz CT molecular complexity index is 131. The molecule has 0 atom stereocenters. The van der Waals surface area contributed by atoms with Crippen molar-refractivity contribution in [3.8, 4) is 0 Å². The van der Waals surface area contributed by atoms with E-state index >= 15 is 0 Å². The fraction of sp³-hybridized carbons (Fsp3) is 0.833. The van der Waals surface area contributed by atoms with E-state index in [1.165, 1.54) is 0 Å². The second-order valence-electron chi connectivity index (χ2n) is 1.71. The van der Waals surface area contributed by atoms with Gasteiger partial charge in [-0.15, -0.1) is 0 Å². The largest absolute Gasteiger partial charge is 0.476 e. The molecule has 0 aromatic carbocycles. The van der Waals surface area contributed by atoms with Crippen LogP contribution >= 0.6 is 11.6 Å². The van der Waals surface area contributed by atoms with Gasteiger partial charge in [0.25, 0.3) is 0 Å². The van der Waals surface area contributed by atoms with Gasteiger partial charge in [0.1, 0.15) is 0 Å². The van der Waals surface area contributed by atoms with Crippen molar-refractivity contribution in [3.05, 3.63) is 0 Å². The summed E-state index contributed by atoms with van der Waals surface area (Å²) in [6.45, 7) is 3.66. The third-order valence-corrected chi connectivity index (χ3v) is 1.30.